The number of pyridine rings is 1. The number of aromatic nitrogens is 1. The van der Waals surface area contributed by atoms with Crippen LogP contribution in [0.5, 0.6) is 0 Å². The van der Waals surface area contributed by atoms with Gasteiger partial charge in [-0.05, 0) is 52.4 Å². The van der Waals surface area contributed by atoms with Crippen molar-refractivity contribution in [2.24, 2.45) is 0 Å². The molecule has 1 saturated heterocycles. The molecule has 1 atom stereocenters. The minimum atomic E-state index is -1.18. The fraction of sp³-hybridized carbons (Fsp3) is 0.389. The van der Waals surface area contributed by atoms with Crippen molar-refractivity contribution in [3.63, 3.8) is 0 Å². The number of benzene rings is 1. The van der Waals surface area contributed by atoms with Gasteiger partial charge in [-0.2, -0.15) is 0 Å². The third-order valence-electron chi connectivity index (χ3n) is 4.13. The Balaban J connectivity index is 1.87. The van der Waals surface area contributed by atoms with E-state index in [2.05, 4.69) is 20.9 Å². The van der Waals surface area contributed by atoms with E-state index in [1.807, 2.05) is 6.92 Å². The van der Waals surface area contributed by atoms with Gasteiger partial charge < -0.3 is 9.47 Å². The first kappa shape index (κ1) is 19.7. The monoisotopic (exact) mass is 447 g/mol. The molecular weight excluding hydrogens is 431 g/mol. The molecule has 0 amide bonds. The van der Waals surface area contributed by atoms with Crippen LogP contribution < -0.4 is 0 Å². The van der Waals surface area contributed by atoms with Crippen LogP contribution in [-0.4, -0.2) is 29.7 Å². The summed E-state index contributed by atoms with van der Waals surface area (Å²) in [5, 5.41) is -0.740. The quantitative estimate of drug-likeness (QED) is 0.447. The average Bonchev–Trinajstić information content (AvgIpc) is 3.05. The van der Waals surface area contributed by atoms with Gasteiger partial charge in [-0.25, -0.2) is 18.2 Å². The average molecular weight is 448 g/mol. The van der Waals surface area contributed by atoms with Crippen molar-refractivity contribution in [3.8, 4) is 0 Å². The second-order valence-electron chi connectivity index (χ2n) is 6.00. The molecule has 1 aliphatic rings. The lowest BCUT2D eigenvalue weighted by molar-refractivity contribution is -0.142. The first-order chi connectivity index (χ1) is 12.4. The Kier molecular flexibility index (Phi) is 6.27. The molecule has 0 radical (unpaired) electrons. The minimum absolute atomic E-state index is 0.308. The molecule has 2 heterocycles. The molecule has 2 aromatic rings. The Morgan fingerprint density at radius 1 is 1.15 bits per heavy atom. The molecule has 0 N–H and O–H groups in total. The highest BCUT2D eigenvalue weighted by molar-refractivity contribution is 9.10. The van der Waals surface area contributed by atoms with Crippen molar-refractivity contribution >= 4 is 27.7 Å². The van der Waals surface area contributed by atoms with Gasteiger partial charge >= 0.3 is 0 Å². The van der Waals surface area contributed by atoms with E-state index >= 15 is 0 Å². The topological polar surface area (TPSA) is 31.4 Å². The van der Waals surface area contributed by atoms with Crippen molar-refractivity contribution < 1.29 is 22.6 Å². The van der Waals surface area contributed by atoms with Gasteiger partial charge in [-0.15, -0.1) is 11.8 Å². The zero-order chi connectivity index (χ0) is 18.7. The van der Waals surface area contributed by atoms with E-state index in [1.165, 1.54) is 18.0 Å². The van der Waals surface area contributed by atoms with Gasteiger partial charge in [-0.3, -0.25) is 0 Å². The Hall–Kier alpha value is -1.09. The Labute approximate surface area is 162 Å². The molecule has 1 aliphatic heterocycles. The van der Waals surface area contributed by atoms with Crippen LogP contribution in [0.2, 0.25) is 0 Å². The fourth-order valence-electron chi connectivity index (χ4n) is 2.73. The van der Waals surface area contributed by atoms with E-state index in [0.717, 1.165) is 12.1 Å². The predicted molar refractivity (Wildman–Crippen MR) is 97.5 cm³/mol. The van der Waals surface area contributed by atoms with Gasteiger partial charge in [0, 0.05) is 18.2 Å². The molecule has 3 nitrogen and oxygen atoms in total. The maximum atomic E-state index is 14.4. The molecule has 0 bridgehead atoms. The summed E-state index contributed by atoms with van der Waals surface area (Å²) in [5.74, 6) is -3.23. The SMILES string of the molecule is CC1(CCSC(c2ccc(Br)nc2)c2c(F)ccc(F)c2F)OCCO1. The van der Waals surface area contributed by atoms with Gasteiger partial charge in [-0.1, -0.05) is 6.07 Å². The van der Waals surface area contributed by atoms with Crippen LogP contribution >= 0.6 is 27.7 Å². The normalized spacial score (nSPS) is 17.4. The molecule has 3 rings (SSSR count). The van der Waals surface area contributed by atoms with E-state index in [9.17, 15) is 13.2 Å². The standard InChI is InChI=1S/C18H17BrF3NO2S/c1-18(24-7-8-25-18)6-9-26-17(11-2-5-14(19)23-10-11)15-12(20)3-4-13(21)16(15)22/h2-5,10,17H,6-9H2,1H3. The summed E-state index contributed by atoms with van der Waals surface area (Å²) in [5.41, 5.74) is 0.276. The lowest BCUT2D eigenvalue weighted by Crippen LogP contribution is -2.26. The Bertz CT molecular complexity index is 770. The number of halogens is 4. The first-order valence-electron chi connectivity index (χ1n) is 8.04. The van der Waals surface area contributed by atoms with Crippen molar-refractivity contribution in [1.29, 1.82) is 0 Å². The molecule has 0 spiro atoms. The van der Waals surface area contributed by atoms with Crippen LogP contribution in [0.4, 0.5) is 13.2 Å². The number of rotatable bonds is 6. The minimum Gasteiger partial charge on any atom is -0.348 e. The van der Waals surface area contributed by atoms with E-state index in [0.29, 0.717) is 35.6 Å². The molecule has 1 unspecified atom stereocenters. The van der Waals surface area contributed by atoms with Gasteiger partial charge in [0.05, 0.1) is 18.5 Å². The molecule has 1 aromatic heterocycles. The lowest BCUT2D eigenvalue weighted by Gasteiger charge is -2.24. The highest BCUT2D eigenvalue weighted by Crippen LogP contribution is 2.40. The van der Waals surface area contributed by atoms with Gasteiger partial charge in [0.15, 0.2) is 17.4 Å². The predicted octanol–water partition coefficient (Wildman–Crippen LogP) is 5.24. The molecule has 26 heavy (non-hydrogen) atoms. The third kappa shape index (κ3) is 4.42. The summed E-state index contributed by atoms with van der Waals surface area (Å²) in [4.78, 5) is 4.12. The van der Waals surface area contributed by atoms with Gasteiger partial charge in [0.1, 0.15) is 10.4 Å². The van der Waals surface area contributed by atoms with Crippen LogP contribution in [0, 0.1) is 17.5 Å². The van der Waals surface area contributed by atoms with Crippen molar-refractivity contribution in [3.05, 3.63) is 63.6 Å². The van der Waals surface area contributed by atoms with Crippen LogP contribution in [0.25, 0.3) is 0 Å². The summed E-state index contributed by atoms with van der Waals surface area (Å²) >= 11 is 4.53. The summed E-state index contributed by atoms with van der Waals surface area (Å²) in [6, 6.07) is 5.13. The lowest BCUT2D eigenvalue weighted by atomic mass is 10.0. The van der Waals surface area contributed by atoms with Crippen LogP contribution in [-0.2, 0) is 9.47 Å². The second kappa shape index (κ2) is 8.29. The summed E-state index contributed by atoms with van der Waals surface area (Å²) in [6.45, 7) is 2.88. The Morgan fingerprint density at radius 3 is 2.50 bits per heavy atom. The van der Waals surface area contributed by atoms with Gasteiger partial charge in [0.2, 0.25) is 0 Å². The summed E-state index contributed by atoms with van der Waals surface area (Å²) < 4.78 is 54.1. The number of ether oxygens (including phenoxy) is 2. The first-order valence-corrected chi connectivity index (χ1v) is 9.88. The van der Waals surface area contributed by atoms with Crippen molar-refractivity contribution in [2.75, 3.05) is 19.0 Å². The number of hydrogen-bond donors (Lipinski definition) is 0. The number of hydrogen-bond acceptors (Lipinski definition) is 4. The Morgan fingerprint density at radius 2 is 1.85 bits per heavy atom. The molecule has 1 fully saturated rings. The summed E-state index contributed by atoms with van der Waals surface area (Å²) in [6.07, 6.45) is 2.06. The molecule has 0 saturated carbocycles. The van der Waals surface area contributed by atoms with Crippen molar-refractivity contribution in [1.82, 2.24) is 4.98 Å². The second-order valence-corrected chi connectivity index (χ2v) is 8.03. The molecule has 1 aromatic carbocycles. The zero-order valence-corrected chi connectivity index (χ0v) is 16.4. The highest BCUT2D eigenvalue weighted by atomic mass is 79.9. The van der Waals surface area contributed by atoms with Gasteiger partial charge in [0.25, 0.3) is 0 Å². The van der Waals surface area contributed by atoms with E-state index in [4.69, 9.17) is 9.47 Å². The van der Waals surface area contributed by atoms with Crippen LogP contribution in [0.3, 0.4) is 0 Å². The van der Waals surface area contributed by atoms with E-state index in [1.54, 1.807) is 12.1 Å². The van der Waals surface area contributed by atoms with E-state index in [-0.39, 0.29) is 5.56 Å². The number of thioether (sulfide) groups is 1. The largest absolute Gasteiger partial charge is 0.348 e. The van der Waals surface area contributed by atoms with Crippen LogP contribution in [0.15, 0.2) is 35.1 Å². The van der Waals surface area contributed by atoms with Crippen molar-refractivity contribution in [2.45, 2.75) is 24.4 Å². The molecule has 0 aliphatic carbocycles. The smallest absolute Gasteiger partial charge is 0.166 e. The summed E-state index contributed by atoms with van der Waals surface area (Å²) in [7, 11) is 0. The third-order valence-corrected chi connectivity index (χ3v) is 5.88. The zero-order valence-electron chi connectivity index (χ0n) is 14.0. The molecule has 8 heteroatoms. The maximum Gasteiger partial charge on any atom is 0.166 e. The fourth-order valence-corrected chi connectivity index (χ4v) is 4.41. The maximum absolute atomic E-state index is 14.4. The molecule has 140 valence electrons. The highest BCUT2D eigenvalue weighted by Gasteiger charge is 2.32. The number of nitrogens with zero attached hydrogens (tertiary/aromatic N) is 1. The van der Waals surface area contributed by atoms with E-state index < -0.39 is 28.5 Å². The molecular formula is C18H17BrF3NO2S. The van der Waals surface area contributed by atoms with Crippen LogP contribution in [0.1, 0.15) is 29.7 Å².